The van der Waals surface area contributed by atoms with Gasteiger partial charge in [-0.1, -0.05) is 0 Å². The second-order valence-corrected chi connectivity index (χ2v) is 6.80. The van der Waals surface area contributed by atoms with Crippen LogP contribution in [-0.2, 0) is 4.74 Å². The Balaban J connectivity index is 2.28. The van der Waals surface area contributed by atoms with Gasteiger partial charge in [-0.3, -0.25) is 0 Å². The molecular weight excluding hydrogens is 358 g/mol. The summed E-state index contributed by atoms with van der Waals surface area (Å²) in [6.07, 6.45) is 1.74. The van der Waals surface area contributed by atoms with Gasteiger partial charge >= 0.3 is 5.97 Å². The van der Waals surface area contributed by atoms with Gasteiger partial charge in [-0.25, -0.2) is 4.79 Å². The Labute approximate surface area is 164 Å². The molecule has 0 aliphatic heterocycles. The fourth-order valence-corrected chi connectivity index (χ4v) is 3.69. The SMILES string of the molecule is COc1cc(-c2cc3cc(C(=O)O)c(C)c(C(C)OC)n3c2)cc(C)c1OC. The van der Waals surface area contributed by atoms with E-state index >= 15 is 0 Å². The van der Waals surface area contributed by atoms with Gasteiger partial charge in [-0.15, -0.1) is 0 Å². The third-order valence-corrected chi connectivity index (χ3v) is 5.16. The molecule has 1 unspecified atom stereocenters. The van der Waals surface area contributed by atoms with Crippen molar-refractivity contribution in [2.45, 2.75) is 26.9 Å². The van der Waals surface area contributed by atoms with Crippen LogP contribution >= 0.6 is 0 Å². The minimum Gasteiger partial charge on any atom is -0.493 e. The zero-order valence-corrected chi connectivity index (χ0v) is 17.0. The van der Waals surface area contributed by atoms with E-state index in [0.717, 1.165) is 27.9 Å². The highest BCUT2D eigenvalue weighted by atomic mass is 16.5. The molecule has 0 saturated heterocycles. The van der Waals surface area contributed by atoms with Gasteiger partial charge in [0.05, 0.1) is 31.6 Å². The van der Waals surface area contributed by atoms with E-state index in [9.17, 15) is 9.90 Å². The van der Waals surface area contributed by atoms with Crippen LogP contribution in [0.4, 0.5) is 0 Å². The molecule has 1 aromatic carbocycles. The molecule has 0 radical (unpaired) electrons. The van der Waals surface area contributed by atoms with E-state index in [-0.39, 0.29) is 11.7 Å². The number of pyridine rings is 1. The Kier molecular flexibility index (Phi) is 5.34. The summed E-state index contributed by atoms with van der Waals surface area (Å²) in [5.74, 6) is 0.405. The van der Waals surface area contributed by atoms with E-state index in [1.54, 1.807) is 27.4 Å². The molecule has 6 nitrogen and oxygen atoms in total. The first-order chi connectivity index (χ1) is 13.3. The van der Waals surface area contributed by atoms with Crippen molar-refractivity contribution >= 4 is 11.5 Å². The van der Waals surface area contributed by atoms with Gasteiger partial charge in [0.2, 0.25) is 0 Å². The normalized spacial score (nSPS) is 12.2. The van der Waals surface area contributed by atoms with Gasteiger partial charge in [0, 0.05) is 24.4 Å². The van der Waals surface area contributed by atoms with Crippen LogP contribution in [0.3, 0.4) is 0 Å². The zero-order valence-electron chi connectivity index (χ0n) is 17.0. The van der Waals surface area contributed by atoms with E-state index in [2.05, 4.69) is 0 Å². The van der Waals surface area contributed by atoms with Crippen LogP contribution in [0.25, 0.3) is 16.6 Å². The van der Waals surface area contributed by atoms with E-state index in [0.29, 0.717) is 17.1 Å². The van der Waals surface area contributed by atoms with Crippen molar-refractivity contribution in [1.82, 2.24) is 4.40 Å². The highest BCUT2D eigenvalue weighted by Gasteiger charge is 2.20. The number of fused-ring (bicyclic) bond motifs is 1. The number of hydrogen-bond acceptors (Lipinski definition) is 4. The van der Waals surface area contributed by atoms with Gasteiger partial charge in [0.15, 0.2) is 11.5 Å². The summed E-state index contributed by atoms with van der Waals surface area (Å²) in [6.45, 7) is 5.69. The molecule has 0 bridgehead atoms. The van der Waals surface area contributed by atoms with Gasteiger partial charge in [-0.05, 0) is 61.7 Å². The number of ether oxygens (including phenoxy) is 3. The van der Waals surface area contributed by atoms with Crippen LogP contribution in [0.5, 0.6) is 11.5 Å². The van der Waals surface area contributed by atoms with E-state index in [1.165, 1.54) is 0 Å². The summed E-state index contributed by atoms with van der Waals surface area (Å²) in [5.41, 5.74) is 5.46. The molecule has 0 saturated carbocycles. The summed E-state index contributed by atoms with van der Waals surface area (Å²) in [6, 6.07) is 7.62. The van der Waals surface area contributed by atoms with Gasteiger partial charge in [0.1, 0.15) is 0 Å². The standard InChI is InChI=1S/C22H25NO5/c1-12-7-15(9-19(27-5)21(12)28-6)16-8-17-10-18(22(24)25)13(2)20(14(3)26-4)23(17)11-16/h7-11,14H,1-6H3,(H,24,25). The van der Waals surface area contributed by atoms with Crippen molar-refractivity contribution in [1.29, 1.82) is 0 Å². The molecule has 0 spiro atoms. The first-order valence-electron chi connectivity index (χ1n) is 8.97. The highest BCUT2D eigenvalue weighted by Crippen LogP contribution is 2.37. The molecule has 2 aromatic heterocycles. The minimum absolute atomic E-state index is 0.255. The van der Waals surface area contributed by atoms with Crippen molar-refractivity contribution in [3.8, 4) is 22.6 Å². The van der Waals surface area contributed by atoms with Gasteiger partial charge < -0.3 is 23.7 Å². The largest absolute Gasteiger partial charge is 0.493 e. The average molecular weight is 383 g/mol. The number of aromatic nitrogens is 1. The second-order valence-electron chi connectivity index (χ2n) is 6.80. The maximum Gasteiger partial charge on any atom is 0.336 e. The number of methoxy groups -OCH3 is 3. The third-order valence-electron chi connectivity index (χ3n) is 5.16. The quantitative estimate of drug-likeness (QED) is 0.671. The van der Waals surface area contributed by atoms with Crippen molar-refractivity contribution in [3.63, 3.8) is 0 Å². The lowest BCUT2D eigenvalue weighted by Crippen LogP contribution is -2.11. The lowest BCUT2D eigenvalue weighted by molar-refractivity contribution is 0.0695. The molecule has 0 aliphatic carbocycles. The monoisotopic (exact) mass is 383 g/mol. The number of benzene rings is 1. The summed E-state index contributed by atoms with van der Waals surface area (Å²) in [4.78, 5) is 11.7. The molecule has 1 N–H and O–H groups in total. The fourth-order valence-electron chi connectivity index (χ4n) is 3.69. The van der Waals surface area contributed by atoms with Crippen LogP contribution < -0.4 is 9.47 Å². The summed E-state index contributed by atoms with van der Waals surface area (Å²) < 4.78 is 18.4. The average Bonchev–Trinajstić information content (AvgIpc) is 3.09. The molecule has 6 heteroatoms. The van der Waals surface area contributed by atoms with Crippen LogP contribution in [0, 0.1) is 13.8 Å². The third kappa shape index (κ3) is 3.20. The Hall–Kier alpha value is -2.99. The van der Waals surface area contributed by atoms with E-state index in [4.69, 9.17) is 14.2 Å². The number of aromatic carboxylic acids is 1. The fraction of sp³-hybridized carbons (Fsp3) is 0.318. The number of nitrogens with zero attached hydrogens (tertiary/aromatic N) is 1. The van der Waals surface area contributed by atoms with E-state index in [1.807, 2.05) is 49.6 Å². The summed E-state index contributed by atoms with van der Waals surface area (Å²) in [5, 5.41) is 9.61. The molecule has 1 atom stereocenters. The minimum atomic E-state index is -0.950. The predicted octanol–water partition coefficient (Wildman–Crippen LogP) is 4.65. The summed E-state index contributed by atoms with van der Waals surface area (Å²) in [7, 11) is 4.84. The molecule has 148 valence electrons. The molecule has 28 heavy (non-hydrogen) atoms. The van der Waals surface area contributed by atoms with Crippen LogP contribution in [0.2, 0.25) is 0 Å². The first kappa shape index (κ1) is 19.8. The topological polar surface area (TPSA) is 69.4 Å². The zero-order chi connectivity index (χ0) is 20.6. The molecule has 3 rings (SSSR count). The first-order valence-corrected chi connectivity index (χ1v) is 8.97. The van der Waals surface area contributed by atoms with Gasteiger partial charge in [-0.2, -0.15) is 0 Å². The number of hydrogen-bond donors (Lipinski definition) is 1. The molecule has 0 amide bonds. The molecular formula is C22H25NO5. The number of carboxylic acids is 1. The summed E-state index contributed by atoms with van der Waals surface area (Å²) >= 11 is 0. The Morgan fingerprint density at radius 1 is 1.04 bits per heavy atom. The molecule has 3 aromatic rings. The Morgan fingerprint density at radius 3 is 2.32 bits per heavy atom. The van der Waals surface area contributed by atoms with Crippen LogP contribution in [-0.4, -0.2) is 36.8 Å². The van der Waals surface area contributed by atoms with Gasteiger partial charge in [0.25, 0.3) is 0 Å². The lowest BCUT2D eigenvalue weighted by Gasteiger charge is -2.17. The molecule has 0 fully saturated rings. The number of rotatable bonds is 6. The van der Waals surface area contributed by atoms with Crippen LogP contribution in [0.1, 0.15) is 40.2 Å². The van der Waals surface area contributed by atoms with Crippen molar-refractivity contribution < 1.29 is 24.1 Å². The Bertz CT molecular complexity index is 1050. The predicted molar refractivity (Wildman–Crippen MR) is 108 cm³/mol. The smallest absolute Gasteiger partial charge is 0.336 e. The Morgan fingerprint density at radius 2 is 1.75 bits per heavy atom. The number of carboxylic acid groups (broad SMARTS) is 1. The lowest BCUT2D eigenvalue weighted by atomic mass is 10.0. The number of aryl methyl sites for hydroxylation is 1. The second kappa shape index (κ2) is 7.56. The van der Waals surface area contributed by atoms with E-state index < -0.39 is 5.97 Å². The number of carbonyl (C=O) groups is 1. The maximum atomic E-state index is 11.7. The van der Waals surface area contributed by atoms with Crippen molar-refractivity contribution in [2.75, 3.05) is 21.3 Å². The maximum absolute atomic E-state index is 11.7. The molecule has 2 heterocycles. The highest BCUT2D eigenvalue weighted by molar-refractivity contribution is 5.92. The van der Waals surface area contributed by atoms with Crippen LogP contribution in [0.15, 0.2) is 30.5 Å². The molecule has 0 aliphatic rings. The van der Waals surface area contributed by atoms with Crippen molar-refractivity contribution in [3.05, 3.63) is 52.8 Å². The van der Waals surface area contributed by atoms with Crippen molar-refractivity contribution in [2.24, 2.45) is 0 Å².